The summed E-state index contributed by atoms with van der Waals surface area (Å²) in [4.78, 5) is 12.8. The first-order valence-electron chi connectivity index (χ1n) is 10.7. The lowest BCUT2D eigenvalue weighted by atomic mass is 9.92. The molecule has 164 valence electrons. The number of fused-ring (bicyclic) bond motifs is 1. The number of aryl methyl sites for hydroxylation is 1. The van der Waals surface area contributed by atoms with Crippen molar-refractivity contribution in [2.45, 2.75) is 19.8 Å². The van der Waals surface area contributed by atoms with Crippen molar-refractivity contribution in [1.29, 1.82) is 5.26 Å². The van der Waals surface area contributed by atoms with Crippen LogP contribution in [0.4, 0.5) is 11.4 Å². The SMILES string of the molecule is Cc1cc(Cl)cc(C2C3C(Nc4ccc(Cl)c(C(=O)Nc5ccc(C#N)cc5)c4)=CC32C)c1. The second-order valence-corrected chi connectivity index (χ2v) is 9.79. The van der Waals surface area contributed by atoms with Gasteiger partial charge < -0.3 is 10.6 Å². The van der Waals surface area contributed by atoms with E-state index in [1.165, 1.54) is 5.56 Å². The van der Waals surface area contributed by atoms with E-state index < -0.39 is 0 Å². The van der Waals surface area contributed by atoms with E-state index >= 15 is 0 Å². The van der Waals surface area contributed by atoms with Crippen molar-refractivity contribution in [1.82, 2.24) is 0 Å². The molecule has 0 radical (unpaired) electrons. The number of halogens is 2. The monoisotopic (exact) mass is 473 g/mol. The van der Waals surface area contributed by atoms with Gasteiger partial charge in [-0.05, 0) is 72.6 Å². The molecule has 3 aromatic rings. The number of carbonyl (C=O) groups excluding carboxylic acids is 1. The quantitative estimate of drug-likeness (QED) is 0.413. The van der Waals surface area contributed by atoms with E-state index in [0.717, 1.165) is 22.0 Å². The summed E-state index contributed by atoms with van der Waals surface area (Å²) in [6.45, 7) is 4.33. The lowest BCUT2D eigenvalue weighted by Gasteiger charge is -2.22. The van der Waals surface area contributed by atoms with Gasteiger partial charge in [-0.1, -0.05) is 42.3 Å². The molecule has 0 heterocycles. The van der Waals surface area contributed by atoms with Gasteiger partial charge in [-0.15, -0.1) is 0 Å². The van der Waals surface area contributed by atoms with Crippen molar-refractivity contribution in [3.05, 3.63) is 105 Å². The van der Waals surface area contributed by atoms with Crippen LogP contribution in [0.3, 0.4) is 0 Å². The summed E-state index contributed by atoms with van der Waals surface area (Å²) in [5.74, 6) is 0.505. The number of rotatable bonds is 5. The van der Waals surface area contributed by atoms with Crippen molar-refractivity contribution in [3.63, 3.8) is 0 Å². The summed E-state index contributed by atoms with van der Waals surface area (Å²) >= 11 is 12.6. The summed E-state index contributed by atoms with van der Waals surface area (Å²) in [6.07, 6.45) is 2.27. The maximum Gasteiger partial charge on any atom is 0.257 e. The van der Waals surface area contributed by atoms with E-state index in [0.29, 0.717) is 33.7 Å². The van der Waals surface area contributed by atoms with Gasteiger partial charge in [0.25, 0.3) is 5.91 Å². The number of amides is 1. The summed E-state index contributed by atoms with van der Waals surface area (Å²) < 4.78 is 0. The minimum atomic E-state index is -0.306. The largest absolute Gasteiger partial charge is 0.359 e. The van der Waals surface area contributed by atoms with Crippen LogP contribution in [0.1, 0.15) is 39.9 Å². The summed E-state index contributed by atoms with van der Waals surface area (Å²) in [5.41, 5.74) is 6.05. The van der Waals surface area contributed by atoms with Gasteiger partial charge in [-0.25, -0.2) is 0 Å². The van der Waals surface area contributed by atoms with E-state index in [2.05, 4.69) is 48.8 Å². The molecule has 0 spiro atoms. The average Bonchev–Trinajstić information content (AvgIpc) is 3.28. The molecule has 33 heavy (non-hydrogen) atoms. The number of nitrogens with one attached hydrogen (secondary N) is 2. The van der Waals surface area contributed by atoms with E-state index in [-0.39, 0.29) is 11.3 Å². The Morgan fingerprint density at radius 1 is 1.00 bits per heavy atom. The first-order valence-corrected chi connectivity index (χ1v) is 11.4. The molecule has 1 amide bonds. The molecular formula is C27H21Cl2N3O. The molecule has 0 saturated heterocycles. The Hall–Kier alpha value is -3.26. The van der Waals surface area contributed by atoms with Crippen LogP contribution in [0.15, 0.2) is 72.4 Å². The molecule has 5 rings (SSSR count). The second-order valence-electron chi connectivity index (χ2n) is 8.95. The molecule has 6 heteroatoms. The summed E-state index contributed by atoms with van der Waals surface area (Å²) in [7, 11) is 0. The van der Waals surface area contributed by atoms with Crippen molar-refractivity contribution in [2.24, 2.45) is 11.3 Å². The van der Waals surface area contributed by atoms with Gasteiger partial charge in [-0.2, -0.15) is 5.26 Å². The normalized spacial score (nSPS) is 22.3. The first kappa shape index (κ1) is 21.6. The molecule has 0 aromatic heterocycles. The van der Waals surface area contributed by atoms with E-state index in [1.807, 2.05) is 12.1 Å². The predicted octanol–water partition coefficient (Wildman–Crippen LogP) is 7.16. The number of carbonyl (C=O) groups is 1. The molecule has 1 saturated carbocycles. The number of hydrogen-bond donors (Lipinski definition) is 2. The van der Waals surface area contributed by atoms with Crippen molar-refractivity contribution < 1.29 is 4.79 Å². The summed E-state index contributed by atoms with van der Waals surface area (Å²) in [6, 6.07) is 20.4. The van der Waals surface area contributed by atoms with Gasteiger partial charge in [0.05, 0.1) is 22.2 Å². The smallest absolute Gasteiger partial charge is 0.257 e. The molecule has 0 bridgehead atoms. The highest BCUT2D eigenvalue weighted by atomic mass is 35.5. The third-order valence-electron chi connectivity index (χ3n) is 6.56. The Morgan fingerprint density at radius 3 is 2.42 bits per heavy atom. The maximum absolute atomic E-state index is 12.8. The van der Waals surface area contributed by atoms with Crippen LogP contribution in [-0.4, -0.2) is 5.91 Å². The van der Waals surface area contributed by atoms with Gasteiger partial charge in [-0.3, -0.25) is 4.79 Å². The zero-order valence-corrected chi connectivity index (χ0v) is 19.6. The van der Waals surface area contributed by atoms with Crippen molar-refractivity contribution in [2.75, 3.05) is 10.6 Å². The van der Waals surface area contributed by atoms with Crippen LogP contribution in [0.25, 0.3) is 0 Å². The lowest BCUT2D eigenvalue weighted by molar-refractivity contribution is 0.102. The fourth-order valence-electron chi connectivity index (χ4n) is 4.93. The molecule has 3 aromatic carbocycles. The molecule has 2 aliphatic rings. The number of nitrogens with zero attached hydrogens (tertiary/aromatic N) is 1. The van der Waals surface area contributed by atoms with Crippen LogP contribution in [0.2, 0.25) is 10.0 Å². The Morgan fingerprint density at radius 2 is 1.73 bits per heavy atom. The molecule has 0 aliphatic heterocycles. The minimum Gasteiger partial charge on any atom is -0.359 e. The van der Waals surface area contributed by atoms with Crippen LogP contribution in [0.5, 0.6) is 0 Å². The highest BCUT2D eigenvalue weighted by molar-refractivity contribution is 6.34. The van der Waals surface area contributed by atoms with E-state index in [1.54, 1.807) is 36.4 Å². The molecule has 1 fully saturated rings. The highest BCUT2D eigenvalue weighted by Crippen LogP contribution is 2.75. The van der Waals surface area contributed by atoms with Gasteiger partial charge in [0.15, 0.2) is 0 Å². The average molecular weight is 474 g/mol. The Bertz CT molecular complexity index is 1340. The fraction of sp³-hybridized carbons (Fsp3) is 0.185. The Labute approximate surface area is 202 Å². The molecule has 3 atom stereocenters. The van der Waals surface area contributed by atoms with Gasteiger partial charge in [0.1, 0.15) is 0 Å². The minimum absolute atomic E-state index is 0.141. The zero-order valence-electron chi connectivity index (χ0n) is 18.1. The van der Waals surface area contributed by atoms with Crippen LogP contribution < -0.4 is 10.6 Å². The van der Waals surface area contributed by atoms with Gasteiger partial charge >= 0.3 is 0 Å². The van der Waals surface area contributed by atoms with Gasteiger partial charge in [0, 0.05) is 39.3 Å². The number of allylic oxidation sites excluding steroid dienone is 2. The molecular weight excluding hydrogens is 453 g/mol. The number of nitriles is 1. The molecule has 4 nitrogen and oxygen atoms in total. The molecule has 3 unspecified atom stereocenters. The lowest BCUT2D eigenvalue weighted by Crippen LogP contribution is -2.17. The second kappa shape index (κ2) is 7.95. The topological polar surface area (TPSA) is 64.9 Å². The zero-order chi connectivity index (χ0) is 23.3. The Kier molecular flexibility index (Phi) is 5.20. The van der Waals surface area contributed by atoms with Gasteiger partial charge in [0.2, 0.25) is 0 Å². The third kappa shape index (κ3) is 3.88. The van der Waals surface area contributed by atoms with Crippen LogP contribution in [0, 0.1) is 29.6 Å². The van der Waals surface area contributed by atoms with Crippen molar-refractivity contribution in [3.8, 4) is 6.07 Å². The van der Waals surface area contributed by atoms with E-state index in [9.17, 15) is 4.79 Å². The Balaban J connectivity index is 1.30. The molecule has 2 aliphatic carbocycles. The highest BCUT2D eigenvalue weighted by Gasteiger charge is 2.68. The fourth-order valence-corrected chi connectivity index (χ4v) is 5.44. The number of hydrogen-bond acceptors (Lipinski definition) is 3. The van der Waals surface area contributed by atoms with Crippen LogP contribution in [-0.2, 0) is 0 Å². The van der Waals surface area contributed by atoms with Crippen molar-refractivity contribution >= 4 is 40.5 Å². The summed E-state index contributed by atoms with van der Waals surface area (Å²) in [5, 5.41) is 16.4. The maximum atomic E-state index is 12.8. The standard InChI is InChI=1S/C27H21Cl2N3O/c1-15-9-17(11-18(28)10-15)24-25-23(13-27(24,25)2)31-20-7-8-22(29)21(12-20)26(33)32-19-5-3-16(14-30)4-6-19/h3-13,24-25,31H,1-2H3,(H,32,33). The first-order chi connectivity index (χ1) is 15.8. The molecule has 2 N–H and O–H groups in total. The van der Waals surface area contributed by atoms with Crippen LogP contribution >= 0.6 is 23.2 Å². The van der Waals surface area contributed by atoms with E-state index in [4.69, 9.17) is 28.5 Å². The predicted molar refractivity (Wildman–Crippen MR) is 133 cm³/mol. The number of benzene rings is 3. The third-order valence-corrected chi connectivity index (χ3v) is 7.11. The number of anilines is 2.